The van der Waals surface area contributed by atoms with Crippen LogP contribution >= 0.6 is 0 Å². The number of benzene rings is 2. The molecule has 2 aromatic heterocycles. The Hall–Kier alpha value is -3.34. The Bertz CT molecular complexity index is 1520. The molecule has 3 heterocycles. The van der Waals surface area contributed by atoms with E-state index < -0.39 is 16.0 Å². The molecule has 0 amide bonds. The number of aryl methyl sites for hydroxylation is 1. The summed E-state index contributed by atoms with van der Waals surface area (Å²) in [6.07, 6.45) is 1.87. The third-order valence-electron chi connectivity index (χ3n) is 6.77. The van der Waals surface area contributed by atoms with Crippen LogP contribution in [-0.4, -0.2) is 68.9 Å². The molecule has 1 aliphatic rings. The Labute approximate surface area is 215 Å². The summed E-state index contributed by atoms with van der Waals surface area (Å²) in [4.78, 5) is 2.34. The Kier molecular flexibility index (Phi) is 6.98. The van der Waals surface area contributed by atoms with Crippen molar-refractivity contribution in [1.82, 2.24) is 13.4 Å². The largest absolute Gasteiger partial charge is 0.493 e. The van der Waals surface area contributed by atoms with Gasteiger partial charge in [-0.3, -0.25) is 4.90 Å². The Morgan fingerprint density at radius 1 is 0.946 bits per heavy atom. The van der Waals surface area contributed by atoms with E-state index in [0.717, 1.165) is 40.1 Å². The van der Waals surface area contributed by atoms with Crippen molar-refractivity contribution in [2.45, 2.75) is 18.4 Å². The molecule has 1 aliphatic heterocycles. The molecule has 0 N–H and O–H groups in total. The van der Waals surface area contributed by atoms with Gasteiger partial charge in [-0.25, -0.2) is 12.4 Å². The summed E-state index contributed by atoms with van der Waals surface area (Å²) >= 11 is 0. The number of morpholine rings is 1. The maximum Gasteiger partial charge on any atom is 0.270 e. The molecule has 0 aliphatic carbocycles. The van der Waals surface area contributed by atoms with Crippen molar-refractivity contribution >= 4 is 20.9 Å². The molecule has 8 nitrogen and oxygen atoms in total. The lowest BCUT2D eigenvalue weighted by Gasteiger charge is -2.26. The standard InChI is InChI=1S/C27H30FN3O5S/c1-19-4-6-20(7-5-19)37(32,33)31-23(8-9-27(31)28)22-18-30(11-10-29-12-14-36-15-13-29)24-17-26(35-3)25(34-2)16-21(22)24/h4-9,16-18H,10-15H2,1-3H3. The summed E-state index contributed by atoms with van der Waals surface area (Å²) in [7, 11) is -1.07. The van der Waals surface area contributed by atoms with Gasteiger partial charge in [-0.1, -0.05) is 17.7 Å². The number of hydrogen-bond acceptors (Lipinski definition) is 6. The van der Waals surface area contributed by atoms with E-state index in [9.17, 15) is 8.42 Å². The van der Waals surface area contributed by atoms with E-state index in [1.807, 2.05) is 25.3 Å². The molecule has 0 radical (unpaired) electrons. The van der Waals surface area contributed by atoms with Crippen molar-refractivity contribution in [3.8, 4) is 22.8 Å². The fourth-order valence-corrected chi connectivity index (χ4v) is 6.14. The zero-order chi connectivity index (χ0) is 26.2. The normalized spacial score (nSPS) is 14.8. The van der Waals surface area contributed by atoms with Gasteiger partial charge in [0.1, 0.15) is 0 Å². The van der Waals surface area contributed by atoms with Gasteiger partial charge in [0.25, 0.3) is 10.0 Å². The molecule has 0 unspecified atom stereocenters. The van der Waals surface area contributed by atoms with Crippen LogP contribution in [0.4, 0.5) is 4.39 Å². The first-order valence-corrected chi connectivity index (χ1v) is 13.5. The van der Waals surface area contributed by atoms with Gasteiger partial charge < -0.3 is 18.8 Å². The molecule has 196 valence electrons. The molecular weight excluding hydrogens is 497 g/mol. The highest BCUT2D eigenvalue weighted by Crippen LogP contribution is 2.39. The van der Waals surface area contributed by atoms with Gasteiger partial charge in [-0.2, -0.15) is 4.39 Å². The first kappa shape index (κ1) is 25.3. The Morgan fingerprint density at radius 3 is 2.30 bits per heavy atom. The molecule has 4 aromatic rings. The number of aromatic nitrogens is 2. The lowest BCUT2D eigenvalue weighted by atomic mass is 10.1. The van der Waals surface area contributed by atoms with Crippen molar-refractivity contribution in [2.24, 2.45) is 0 Å². The first-order chi connectivity index (χ1) is 17.8. The second kappa shape index (κ2) is 10.2. The predicted molar refractivity (Wildman–Crippen MR) is 139 cm³/mol. The molecule has 0 bridgehead atoms. The third-order valence-corrected chi connectivity index (χ3v) is 8.49. The van der Waals surface area contributed by atoms with E-state index >= 15 is 4.39 Å². The maximum absolute atomic E-state index is 15.1. The zero-order valence-electron chi connectivity index (χ0n) is 21.1. The lowest BCUT2D eigenvalue weighted by Crippen LogP contribution is -2.38. The van der Waals surface area contributed by atoms with E-state index in [4.69, 9.17) is 14.2 Å². The lowest BCUT2D eigenvalue weighted by molar-refractivity contribution is 0.0365. The van der Waals surface area contributed by atoms with E-state index in [-0.39, 0.29) is 10.6 Å². The van der Waals surface area contributed by atoms with Crippen molar-refractivity contribution in [3.05, 3.63) is 66.2 Å². The third kappa shape index (κ3) is 4.72. The molecule has 1 fully saturated rings. The number of hydrogen-bond donors (Lipinski definition) is 0. The predicted octanol–water partition coefficient (Wildman–Crippen LogP) is 4.14. The molecule has 5 rings (SSSR count). The highest BCUT2D eigenvalue weighted by atomic mass is 32.2. The van der Waals surface area contributed by atoms with Crippen LogP contribution in [0.1, 0.15) is 5.56 Å². The van der Waals surface area contributed by atoms with Crippen LogP contribution in [0.3, 0.4) is 0 Å². The average molecular weight is 528 g/mol. The summed E-state index contributed by atoms with van der Waals surface area (Å²) in [5.41, 5.74) is 2.57. The molecular formula is C27H30FN3O5S. The van der Waals surface area contributed by atoms with Crippen molar-refractivity contribution in [3.63, 3.8) is 0 Å². The van der Waals surface area contributed by atoms with Gasteiger partial charge in [0.2, 0.25) is 5.95 Å². The fraction of sp³-hybridized carbons (Fsp3) is 0.333. The SMILES string of the molecule is COc1cc2c(-c3ccc(F)n3S(=O)(=O)c3ccc(C)cc3)cn(CCN3CCOCC3)c2cc1OC. The molecule has 1 saturated heterocycles. The molecule has 0 atom stereocenters. The summed E-state index contributed by atoms with van der Waals surface area (Å²) in [6.45, 7) is 6.42. The molecule has 37 heavy (non-hydrogen) atoms. The summed E-state index contributed by atoms with van der Waals surface area (Å²) in [5, 5.41) is 0.734. The van der Waals surface area contributed by atoms with E-state index in [0.29, 0.717) is 36.8 Å². The maximum atomic E-state index is 15.1. The van der Waals surface area contributed by atoms with Crippen molar-refractivity contribution in [2.75, 3.05) is 47.1 Å². The molecule has 0 spiro atoms. The van der Waals surface area contributed by atoms with Gasteiger partial charge in [-0.15, -0.1) is 0 Å². The number of halogens is 1. The van der Waals surface area contributed by atoms with E-state index in [1.165, 1.54) is 24.3 Å². The van der Waals surface area contributed by atoms with Crippen LogP contribution in [-0.2, 0) is 21.3 Å². The van der Waals surface area contributed by atoms with E-state index in [2.05, 4.69) is 9.47 Å². The number of methoxy groups -OCH3 is 2. The van der Waals surface area contributed by atoms with Crippen LogP contribution in [0.2, 0.25) is 0 Å². The minimum absolute atomic E-state index is 0.0183. The zero-order valence-corrected chi connectivity index (χ0v) is 21.9. The van der Waals surface area contributed by atoms with Crippen LogP contribution in [0.15, 0.2) is 59.6 Å². The van der Waals surface area contributed by atoms with E-state index in [1.54, 1.807) is 26.4 Å². The number of ether oxygens (including phenoxy) is 3. The summed E-state index contributed by atoms with van der Waals surface area (Å²) in [5.74, 6) is 0.202. The number of nitrogens with zero attached hydrogens (tertiary/aromatic N) is 3. The van der Waals surface area contributed by atoms with Crippen molar-refractivity contribution < 1.29 is 27.0 Å². The Balaban J connectivity index is 1.65. The van der Waals surface area contributed by atoms with Crippen LogP contribution in [0, 0.1) is 12.9 Å². The van der Waals surface area contributed by atoms with Gasteiger partial charge in [-0.05, 0) is 37.3 Å². The highest BCUT2D eigenvalue weighted by molar-refractivity contribution is 7.90. The molecule has 2 aromatic carbocycles. The first-order valence-electron chi connectivity index (χ1n) is 12.1. The average Bonchev–Trinajstić information content (AvgIpc) is 3.47. The van der Waals surface area contributed by atoms with Crippen LogP contribution in [0.5, 0.6) is 11.5 Å². The summed E-state index contributed by atoms with van der Waals surface area (Å²) in [6, 6.07) is 12.7. The molecule has 0 saturated carbocycles. The second-order valence-electron chi connectivity index (χ2n) is 9.04. The van der Waals surface area contributed by atoms with Gasteiger partial charge in [0, 0.05) is 49.4 Å². The minimum Gasteiger partial charge on any atom is -0.493 e. The fourth-order valence-electron chi connectivity index (χ4n) is 4.74. The van der Waals surface area contributed by atoms with Gasteiger partial charge in [0.15, 0.2) is 11.5 Å². The van der Waals surface area contributed by atoms with Crippen LogP contribution < -0.4 is 9.47 Å². The van der Waals surface area contributed by atoms with Gasteiger partial charge in [0.05, 0.1) is 43.5 Å². The summed E-state index contributed by atoms with van der Waals surface area (Å²) < 4.78 is 61.6. The Morgan fingerprint density at radius 2 is 1.62 bits per heavy atom. The minimum atomic E-state index is -4.18. The smallest absolute Gasteiger partial charge is 0.270 e. The number of fused-ring (bicyclic) bond motifs is 1. The molecule has 10 heteroatoms. The quantitative estimate of drug-likeness (QED) is 0.343. The monoisotopic (exact) mass is 527 g/mol. The topological polar surface area (TPSA) is 74.9 Å². The van der Waals surface area contributed by atoms with Crippen LogP contribution in [0.25, 0.3) is 22.2 Å². The number of rotatable bonds is 8. The second-order valence-corrected chi connectivity index (χ2v) is 10.8. The van der Waals surface area contributed by atoms with Crippen molar-refractivity contribution in [1.29, 1.82) is 0 Å². The van der Waals surface area contributed by atoms with Gasteiger partial charge >= 0.3 is 0 Å². The highest BCUT2D eigenvalue weighted by Gasteiger charge is 2.27.